The minimum absolute atomic E-state index is 0.257. The molecule has 0 aromatic heterocycles. The summed E-state index contributed by atoms with van der Waals surface area (Å²) in [6.45, 7) is 3.07. The largest absolute Gasteiger partial charge is 0.508 e. The molecule has 3 N–H and O–H groups in total. The number of phenols is 2. The molecule has 4 aromatic rings. The summed E-state index contributed by atoms with van der Waals surface area (Å²) >= 11 is 0. The molecule has 1 aliphatic rings. The lowest BCUT2D eigenvalue weighted by atomic mass is 9.90. The van der Waals surface area contributed by atoms with Crippen LogP contribution in [0.1, 0.15) is 36.8 Å². The second-order valence-corrected chi connectivity index (χ2v) is 9.55. The van der Waals surface area contributed by atoms with Crippen molar-refractivity contribution in [3.05, 3.63) is 90.0 Å². The van der Waals surface area contributed by atoms with Crippen molar-refractivity contribution < 1.29 is 14.9 Å². The van der Waals surface area contributed by atoms with Crippen LogP contribution < -0.4 is 10.1 Å². The highest BCUT2D eigenvalue weighted by Gasteiger charge is 2.13. The first-order chi connectivity index (χ1) is 17.2. The van der Waals surface area contributed by atoms with Gasteiger partial charge in [-0.05, 0) is 121 Å². The average molecular weight is 468 g/mol. The van der Waals surface area contributed by atoms with Crippen molar-refractivity contribution in [3.63, 3.8) is 0 Å². The first-order valence-electron chi connectivity index (χ1n) is 12.6. The first-order valence-corrected chi connectivity index (χ1v) is 12.6. The van der Waals surface area contributed by atoms with Crippen LogP contribution in [-0.4, -0.2) is 29.9 Å². The summed E-state index contributed by atoms with van der Waals surface area (Å²) in [4.78, 5) is 0. The van der Waals surface area contributed by atoms with Gasteiger partial charge in [-0.15, -0.1) is 0 Å². The Morgan fingerprint density at radius 3 is 2.31 bits per heavy atom. The highest BCUT2D eigenvalue weighted by atomic mass is 16.5. The predicted molar refractivity (Wildman–Crippen MR) is 142 cm³/mol. The van der Waals surface area contributed by atoms with E-state index in [-0.39, 0.29) is 11.5 Å². The summed E-state index contributed by atoms with van der Waals surface area (Å²) < 4.78 is 6.02. The predicted octanol–water partition coefficient (Wildman–Crippen LogP) is 6.67. The van der Waals surface area contributed by atoms with Gasteiger partial charge in [-0.1, -0.05) is 42.5 Å². The Balaban J connectivity index is 1.31. The third kappa shape index (κ3) is 5.77. The van der Waals surface area contributed by atoms with E-state index in [0.717, 1.165) is 66.1 Å². The van der Waals surface area contributed by atoms with Crippen LogP contribution in [0.4, 0.5) is 0 Å². The number of ether oxygens (including phenoxy) is 1. The second-order valence-electron chi connectivity index (χ2n) is 9.55. The maximum atomic E-state index is 9.98. The van der Waals surface area contributed by atoms with Gasteiger partial charge in [0.25, 0.3) is 0 Å². The van der Waals surface area contributed by atoms with E-state index in [9.17, 15) is 10.2 Å². The van der Waals surface area contributed by atoms with E-state index in [0.29, 0.717) is 0 Å². The van der Waals surface area contributed by atoms with Crippen molar-refractivity contribution in [2.24, 2.45) is 5.92 Å². The lowest BCUT2D eigenvalue weighted by Gasteiger charge is -2.22. The molecule has 0 spiro atoms. The van der Waals surface area contributed by atoms with Gasteiger partial charge in [0.2, 0.25) is 0 Å². The molecular formula is C31H33NO3. The van der Waals surface area contributed by atoms with Crippen molar-refractivity contribution >= 4 is 10.8 Å². The molecule has 0 radical (unpaired) electrons. The van der Waals surface area contributed by atoms with Gasteiger partial charge in [-0.3, -0.25) is 0 Å². The molecule has 35 heavy (non-hydrogen) atoms. The molecule has 1 saturated heterocycles. The van der Waals surface area contributed by atoms with Crippen molar-refractivity contribution in [3.8, 4) is 28.4 Å². The van der Waals surface area contributed by atoms with Gasteiger partial charge in [0, 0.05) is 0 Å². The first kappa shape index (κ1) is 23.3. The fourth-order valence-corrected chi connectivity index (χ4v) is 5.12. The smallest absolute Gasteiger partial charge is 0.119 e. The van der Waals surface area contributed by atoms with Gasteiger partial charge < -0.3 is 20.3 Å². The molecule has 0 atom stereocenters. The molecule has 0 saturated carbocycles. The van der Waals surface area contributed by atoms with Crippen LogP contribution in [-0.2, 0) is 6.42 Å². The number of piperidine rings is 1. The van der Waals surface area contributed by atoms with E-state index >= 15 is 0 Å². The van der Waals surface area contributed by atoms with Gasteiger partial charge >= 0.3 is 0 Å². The minimum atomic E-state index is 0.257. The van der Waals surface area contributed by atoms with Gasteiger partial charge in [0.05, 0.1) is 6.61 Å². The van der Waals surface area contributed by atoms with Crippen molar-refractivity contribution in [2.75, 3.05) is 19.7 Å². The molecule has 0 amide bonds. The number of hydrogen-bond donors (Lipinski definition) is 3. The topological polar surface area (TPSA) is 61.7 Å². The molecule has 0 unspecified atom stereocenters. The Morgan fingerprint density at radius 1 is 0.800 bits per heavy atom. The summed E-state index contributed by atoms with van der Waals surface area (Å²) in [6, 6.07) is 25.4. The minimum Gasteiger partial charge on any atom is -0.508 e. The number of hydrogen-bond acceptors (Lipinski definition) is 4. The number of rotatable bonds is 8. The maximum Gasteiger partial charge on any atom is 0.119 e. The summed E-state index contributed by atoms with van der Waals surface area (Å²) in [5, 5.41) is 25.3. The zero-order valence-electron chi connectivity index (χ0n) is 20.0. The third-order valence-electron chi connectivity index (χ3n) is 7.08. The van der Waals surface area contributed by atoms with Crippen LogP contribution in [0.2, 0.25) is 0 Å². The molecule has 1 fully saturated rings. The summed E-state index contributed by atoms with van der Waals surface area (Å²) in [5.74, 6) is 2.28. The Labute approximate surface area is 207 Å². The molecule has 4 heteroatoms. The third-order valence-corrected chi connectivity index (χ3v) is 7.08. The van der Waals surface area contributed by atoms with E-state index in [2.05, 4.69) is 35.6 Å². The fraction of sp³-hybridized carbons (Fsp3) is 0.290. The Kier molecular flexibility index (Phi) is 7.20. The van der Waals surface area contributed by atoms with E-state index in [1.54, 1.807) is 24.3 Å². The molecule has 1 aliphatic heterocycles. The van der Waals surface area contributed by atoms with Gasteiger partial charge in [0.15, 0.2) is 0 Å². The summed E-state index contributed by atoms with van der Waals surface area (Å²) in [5.41, 5.74) is 4.58. The number of nitrogens with one attached hydrogen (secondary N) is 1. The van der Waals surface area contributed by atoms with Crippen LogP contribution in [0, 0.1) is 5.92 Å². The average Bonchev–Trinajstić information content (AvgIpc) is 2.89. The zero-order valence-corrected chi connectivity index (χ0v) is 20.0. The van der Waals surface area contributed by atoms with Crippen LogP contribution in [0.15, 0.2) is 78.9 Å². The molecule has 0 aliphatic carbocycles. The van der Waals surface area contributed by atoms with E-state index < -0.39 is 0 Å². The molecule has 4 aromatic carbocycles. The highest BCUT2D eigenvalue weighted by molar-refractivity contribution is 5.93. The number of fused-ring (bicyclic) bond motifs is 1. The van der Waals surface area contributed by atoms with Crippen molar-refractivity contribution in [1.29, 1.82) is 0 Å². The van der Waals surface area contributed by atoms with Gasteiger partial charge in [0.1, 0.15) is 17.2 Å². The molecule has 0 bridgehead atoms. The molecule has 5 rings (SSSR count). The fourth-order valence-electron chi connectivity index (χ4n) is 5.12. The van der Waals surface area contributed by atoms with Crippen LogP contribution in [0.25, 0.3) is 21.9 Å². The molecule has 4 nitrogen and oxygen atoms in total. The maximum absolute atomic E-state index is 9.98. The summed E-state index contributed by atoms with van der Waals surface area (Å²) in [7, 11) is 0. The number of phenolic OH excluding ortho intramolecular Hbond substituents is 2. The van der Waals surface area contributed by atoms with E-state index in [1.807, 2.05) is 24.3 Å². The summed E-state index contributed by atoms with van der Waals surface area (Å²) in [6.07, 6.45) is 5.68. The van der Waals surface area contributed by atoms with Crippen LogP contribution in [0.3, 0.4) is 0 Å². The Morgan fingerprint density at radius 2 is 1.54 bits per heavy atom. The Hall–Kier alpha value is -3.50. The quantitative estimate of drug-likeness (QED) is 0.253. The SMILES string of the molecule is Oc1ccc(-c2ccc3cc(O)ccc3c2Cc2ccc(OCCCC3CCNCC3)cc2)cc1. The number of benzene rings is 4. The van der Waals surface area contributed by atoms with Crippen molar-refractivity contribution in [1.82, 2.24) is 5.32 Å². The Bertz CT molecular complexity index is 1260. The van der Waals surface area contributed by atoms with Crippen molar-refractivity contribution in [2.45, 2.75) is 32.1 Å². The van der Waals surface area contributed by atoms with Crippen LogP contribution >= 0.6 is 0 Å². The standard InChI is InChI=1S/C31H33NO3/c33-26-8-5-24(6-9-26)29-13-7-25-21-27(34)10-14-30(25)31(29)20-23-3-11-28(12-4-23)35-19-1-2-22-15-17-32-18-16-22/h3-14,21-22,32-34H,1-2,15-20H2. The highest BCUT2D eigenvalue weighted by Crippen LogP contribution is 2.34. The lowest BCUT2D eigenvalue weighted by Crippen LogP contribution is -2.27. The molecule has 1 heterocycles. The molecular weight excluding hydrogens is 434 g/mol. The zero-order chi connectivity index (χ0) is 24.0. The lowest BCUT2D eigenvalue weighted by molar-refractivity contribution is 0.274. The number of aromatic hydroxyl groups is 2. The van der Waals surface area contributed by atoms with Gasteiger partial charge in [-0.2, -0.15) is 0 Å². The monoisotopic (exact) mass is 467 g/mol. The van der Waals surface area contributed by atoms with E-state index in [1.165, 1.54) is 30.4 Å². The molecule has 180 valence electrons. The second kappa shape index (κ2) is 10.8. The van der Waals surface area contributed by atoms with Gasteiger partial charge in [-0.25, -0.2) is 0 Å². The van der Waals surface area contributed by atoms with Crippen LogP contribution in [0.5, 0.6) is 17.2 Å². The normalized spacial score (nSPS) is 14.3. The van der Waals surface area contributed by atoms with E-state index in [4.69, 9.17) is 4.74 Å².